The number of halogens is 6. The van der Waals surface area contributed by atoms with E-state index in [0.29, 0.717) is 11.2 Å². The molecule has 0 unspecified atom stereocenters. The van der Waals surface area contributed by atoms with Crippen LogP contribution in [0.1, 0.15) is 17.1 Å². The molecule has 1 aromatic carbocycles. The van der Waals surface area contributed by atoms with Crippen LogP contribution in [0.2, 0.25) is 0 Å². The van der Waals surface area contributed by atoms with E-state index in [-0.39, 0.29) is 17.8 Å². The van der Waals surface area contributed by atoms with Gasteiger partial charge in [0.1, 0.15) is 11.5 Å². The highest BCUT2D eigenvalue weighted by molar-refractivity contribution is 5.55. The Morgan fingerprint density at radius 3 is 2.52 bits per heavy atom. The Kier molecular flexibility index (Phi) is 4.28. The Morgan fingerprint density at radius 1 is 1.03 bits per heavy atom. The van der Waals surface area contributed by atoms with Gasteiger partial charge in [-0.05, 0) is 11.6 Å². The van der Waals surface area contributed by atoms with Gasteiger partial charge < -0.3 is 4.40 Å². The van der Waals surface area contributed by atoms with E-state index in [4.69, 9.17) is 0 Å². The van der Waals surface area contributed by atoms with Gasteiger partial charge >= 0.3 is 12.1 Å². The molecule has 0 aliphatic carbocycles. The molecular weight excluding hydrogens is 402 g/mol. The third-order valence-electron chi connectivity index (χ3n) is 4.13. The lowest BCUT2D eigenvalue weighted by Gasteiger charge is -2.16. The van der Waals surface area contributed by atoms with Crippen LogP contribution < -0.4 is 0 Å². The number of imidazole rings is 1. The number of aromatic amines is 1. The highest BCUT2D eigenvalue weighted by Crippen LogP contribution is 2.42. The SMILES string of the molecule is Fc1ccccc1Cc1nc(-c2n[nH]c(C(F)(F)C(F)(F)F)n2)cn2ccnc12. The Bertz CT molecular complexity index is 1180. The molecule has 1 N–H and O–H groups in total. The first-order valence-electron chi connectivity index (χ1n) is 8.10. The van der Waals surface area contributed by atoms with Gasteiger partial charge in [-0.1, -0.05) is 18.2 Å². The normalized spacial score (nSPS) is 12.6. The number of nitrogens with one attached hydrogen (secondary N) is 1. The summed E-state index contributed by atoms with van der Waals surface area (Å²) in [5.74, 6) is -7.79. The van der Waals surface area contributed by atoms with E-state index in [0.717, 1.165) is 0 Å². The van der Waals surface area contributed by atoms with Crippen molar-refractivity contribution in [2.24, 2.45) is 0 Å². The Labute approximate surface area is 158 Å². The van der Waals surface area contributed by atoms with Gasteiger partial charge in [-0.3, -0.25) is 5.10 Å². The fraction of sp³-hybridized carbons (Fsp3) is 0.176. The van der Waals surface area contributed by atoms with Gasteiger partial charge in [0.05, 0.1) is 5.69 Å². The summed E-state index contributed by atoms with van der Waals surface area (Å²) in [6.07, 6.45) is -1.54. The van der Waals surface area contributed by atoms with E-state index in [1.807, 2.05) is 0 Å². The van der Waals surface area contributed by atoms with Gasteiger partial charge in [0.15, 0.2) is 5.65 Å². The lowest BCUT2D eigenvalue weighted by molar-refractivity contribution is -0.292. The highest BCUT2D eigenvalue weighted by Gasteiger charge is 2.61. The molecule has 0 atom stereocenters. The van der Waals surface area contributed by atoms with Gasteiger partial charge in [0.2, 0.25) is 11.6 Å². The zero-order valence-electron chi connectivity index (χ0n) is 14.3. The van der Waals surface area contributed by atoms with Crippen LogP contribution in [0.15, 0.2) is 42.9 Å². The molecule has 0 fully saturated rings. The molecule has 0 saturated carbocycles. The van der Waals surface area contributed by atoms with Crippen molar-refractivity contribution in [2.75, 3.05) is 0 Å². The molecule has 4 rings (SSSR count). The van der Waals surface area contributed by atoms with Crippen molar-refractivity contribution in [2.45, 2.75) is 18.5 Å². The van der Waals surface area contributed by atoms with Crippen molar-refractivity contribution in [3.05, 3.63) is 65.8 Å². The summed E-state index contributed by atoms with van der Waals surface area (Å²) in [6.45, 7) is 0. The lowest BCUT2D eigenvalue weighted by atomic mass is 10.1. The maximum atomic E-state index is 14.0. The fourth-order valence-corrected chi connectivity index (χ4v) is 2.70. The van der Waals surface area contributed by atoms with Crippen molar-refractivity contribution < 1.29 is 26.3 Å². The van der Waals surface area contributed by atoms with Crippen LogP contribution >= 0.6 is 0 Å². The van der Waals surface area contributed by atoms with E-state index in [2.05, 4.69) is 20.1 Å². The molecule has 0 aliphatic rings. The molecule has 0 amide bonds. The van der Waals surface area contributed by atoms with Gasteiger partial charge in [-0.2, -0.15) is 27.1 Å². The Balaban J connectivity index is 1.77. The number of hydrogen-bond donors (Lipinski definition) is 1. The molecule has 150 valence electrons. The third kappa shape index (κ3) is 3.30. The molecule has 3 aromatic heterocycles. The summed E-state index contributed by atoms with van der Waals surface area (Å²) in [5.41, 5.74) is 0.864. The first-order valence-corrected chi connectivity index (χ1v) is 8.10. The largest absolute Gasteiger partial charge is 0.461 e. The fourth-order valence-electron chi connectivity index (χ4n) is 2.70. The molecule has 0 spiro atoms. The van der Waals surface area contributed by atoms with Crippen molar-refractivity contribution in [3.63, 3.8) is 0 Å². The predicted octanol–water partition coefficient (Wildman–Crippen LogP) is 3.90. The van der Waals surface area contributed by atoms with Crippen molar-refractivity contribution >= 4 is 5.65 Å². The Morgan fingerprint density at radius 2 is 1.79 bits per heavy atom. The van der Waals surface area contributed by atoms with Crippen molar-refractivity contribution in [1.82, 2.24) is 29.5 Å². The molecular formula is C17H10F6N6. The minimum atomic E-state index is -5.83. The van der Waals surface area contributed by atoms with Crippen LogP contribution in [-0.2, 0) is 12.3 Å². The van der Waals surface area contributed by atoms with E-state index >= 15 is 0 Å². The van der Waals surface area contributed by atoms with E-state index in [1.165, 1.54) is 41.2 Å². The van der Waals surface area contributed by atoms with Crippen LogP contribution in [-0.4, -0.2) is 35.7 Å². The number of hydrogen-bond acceptors (Lipinski definition) is 4. The zero-order chi connectivity index (χ0) is 20.8. The summed E-state index contributed by atoms with van der Waals surface area (Å²) in [4.78, 5) is 11.6. The summed E-state index contributed by atoms with van der Waals surface area (Å²) in [6, 6.07) is 5.95. The molecule has 4 aromatic rings. The molecule has 0 bridgehead atoms. The van der Waals surface area contributed by atoms with Gasteiger partial charge in [0, 0.05) is 25.0 Å². The van der Waals surface area contributed by atoms with E-state index < -0.39 is 29.6 Å². The number of benzene rings is 1. The highest BCUT2D eigenvalue weighted by atomic mass is 19.4. The third-order valence-corrected chi connectivity index (χ3v) is 4.13. The first-order chi connectivity index (χ1) is 13.7. The number of H-pyrrole nitrogens is 1. The number of fused-ring (bicyclic) bond motifs is 1. The van der Waals surface area contributed by atoms with Crippen molar-refractivity contribution in [1.29, 1.82) is 0 Å². The number of nitrogens with zero attached hydrogens (tertiary/aromatic N) is 5. The zero-order valence-corrected chi connectivity index (χ0v) is 14.3. The van der Waals surface area contributed by atoms with E-state index in [1.54, 1.807) is 11.2 Å². The second-order valence-corrected chi connectivity index (χ2v) is 6.08. The number of rotatable bonds is 4. The van der Waals surface area contributed by atoms with Crippen LogP contribution in [0, 0.1) is 5.82 Å². The smallest absolute Gasteiger partial charge is 0.303 e. The van der Waals surface area contributed by atoms with Crippen LogP contribution in [0.5, 0.6) is 0 Å². The minimum absolute atomic E-state index is 0.0109. The molecule has 29 heavy (non-hydrogen) atoms. The molecule has 3 heterocycles. The summed E-state index contributed by atoms with van der Waals surface area (Å²) < 4.78 is 80.0. The molecule has 0 saturated heterocycles. The van der Waals surface area contributed by atoms with Crippen molar-refractivity contribution in [3.8, 4) is 11.5 Å². The minimum Gasteiger partial charge on any atom is -0.303 e. The topological polar surface area (TPSA) is 71.8 Å². The summed E-state index contributed by atoms with van der Waals surface area (Å²) in [5, 5.41) is 5.05. The predicted molar refractivity (Wildman–Crippen MR) is 87.5 cm³/mol. The maximum absolute atomic E-state index is 14.0. The lowest BCUT2D eigenvalue weighted by Crippen LogP contribution is -2.34. The van der Waals surface area contributed by atoms with Gasteiger partial charge in [-0.25, -0.2) is 19.3 Å². The van der Waals surface area contributed by atoms with Gasteiger partial charge in [0.25, 0.3) is 0 Å². The quantitative estimate of drug-likeness (QED) is 0.516. The standard InChI is InChI=1S/C17H10F6N6/c18-10-4-2-1-3-9(10)7-11-14-24-5-6-29(14)8-12(25-11)13-26-15(28-27-13)16(19,20)17(21,22)23/h1-6,8H,7H2,(H,26,27,28). The average Bonchev–Trinajstić information content (AvgIpc) is 3.32. The first kappa shape index (κ1) is 18.9. The molecule has 12 heteroatoms. The molecule has 0 aliphatic heterocycles. The van der Waals surface area contributed by atoms with Crippen LogP contribution in [0.25, 0.3) is 17.2 Å². The van der Waals surface area contributed by atoms with Crippen LogP contribution in [0.4, 0.5) is 26.3 Å². The summed E-state index contributed by atoms with van der Waals surface area (Å²) >= 11 is 0. The Hall–Kier alpha value is -3.44. The maximum Gasteiger partial charge on any atom is 0.461 e. The summed E-state index contributed by atoms with van der Waals surface area (Å²) in [7, 11) is 0. The number of aromatic nitrogens is 6. The average molecular weight is 412 g/mol. The number of alkyl halides is 5. The monoisotopic (exact) mass is 412 g/mol. The van der Waals surface area contributed by atoms with Crippen LogP contribution in [0.3, 0.4) is 0 Å². The van der Waals surface area contributed by atoms with Gasteiger partial charge in [-0.15, -0.1) is 0 Å². The molecule has 6 nitrogen and oxygen atoms in total. The second kappa shape index (κ2) is 6.57. The second-order valence-electron chi connectivity index (χ2n) is 6.08. The van der Waals surface area contributed by atoms with E-state index in [9.17, 15) is 26.3 Å². The molecule has 0 radical (unpaired) electrons.